The quantitative estimate of drug-likeness (QED) is 0.600. The molecular formula is C12H25N2P. The second-order valence-electron chi connectivity index (χ2n) is 2.79. The number of aryl methyl sites for hydroxylation is 1. The molecule has 1 aromatic carbocycles. The Kier molecular flexibility index (Phi) is 15.4. The van der Waals surface area contributed by atoms with Gasteiger partial charge in [0.15, 0.2) is 0 Å². The van der Waals surface area contributed by atoms with Crippen molar-refractivity contribution >= 4 is 8.58 Å². The zero-order chi connectivity index (χ0) is 10.6. The van der Waals surface area contributed by atoms with Gasteiger partial charge in [-0.05, 0) is 31.6 Å². The Balaban J connectivity index is 0. The summed E-state index contributed by atoms with van der Waals surface area (Å²) in [6.07, 6.45) is 4.62. The first-order valence-electron chi connectivity index (χ1n) is 4.96. The lowest BCUT2D eigenvalue weighted by molar-refractivity contribution is 0.930. The molecule has 0 fully saturated rings. The second-order valence-corrected chi connectivity index (χ2v) is 4.20. The zero-order valence-corrected chi connectivity index (χ0v) is 9.87. The molecule has 0 aliphatic carbocycles. The van der Waals surface area contributed by atoms with Crippen molar-refractivity contribution in [3.05, 3.63) is 35.9 Å². The minimum Gasteiger partial charge on any atom is -0.333 e. The van der Waals surface area contributed by atoms with Crippen molar-refractivity contribution in [2.24, 2.45) is 11.5 Å². The van der Waals surface area contributed by atoms with E-state index in [9.17, 15) is 0 Å². The monoisotopic (exact) mass is 228 g/mol. The van der Waals surface area contributed by atoms with Crippen LogP contribution in [0.25, 0.3) is 0 Å². The smallest absolute Gasteiger partial charge is 0.00988 e. The van der Waals surface area contributed by atoms with Gasteiger partial charge in [0, 0.05) is 6.29 Å². The van der Waals surface area contributed by atoms with Crippen molar-refractivity contribution in [3.63, 3.8) is 0 Å². The molecule has 0 aliphatic heterocycles. The Labute approximate surface area is 96.2 Å². The fraction of sp³-hybridized carbons (Fsp3) is 0.500. The average molecular weight is 228 g/mol. The summed E-state index contributed by atoms with van der Waals surface area (Å²) in [6.45, 7) is 0. The zero-order valence-electron chi connectivity index (χ0n) is 8.87. The summed E-state index contributed by atoms with van der Waals surface area (Å²) in [5, 5.41) is 0. The van der Waals surface area contributed by atoms with E-state index >= 15 is 0 Å². The van der Waals surface area contributed by atoms with Gasteiger partial charge in [0.25, 0.3) is 0 Å². The summed E-state index contributed by atoms with van der Waals surface area (Å²) in [5.41, 5.74) is 11.4. The van der Waals surface area contributed by atoms with Crippen LogP contribution >= 0.6 is 8.58 Å². The molecule has 4 N–H and O–H groups in total. The van der Waals surface area contributed by atoms with Crippen LogP contribution in [0.2, 0.25) is 0 Å². The molecule has 0 bridgehead atoms. The van der Waals surface area contributed by atoms with Gasteiger partial charge in [-0.2, -0.15) is 0 Å². The minimum atomic E-state index is 0. The Morgan fingerprint density at radius 1 is 1.13 bits per heavy atom. The summed E-state index contributed by atoms with van der Waals surface area (Å²) < 4.78 is 0. The third-order valence-electron chi connectivity index (χ3n) is 1.81. The molecule has 3 heteroatoms. The number of hydrogen-bond donors (Lipinski definition) is 2. The molecule has 2 nitrogen and oxygen atoms in total. The summed E-state index contributed by atoms with van der Waals surface area (Å²) in [7, 11) is 2.44. The van der Waals surface area contributed by atoms with E-state index in [0.717, 1.165) is 14.9 Å². The minimum absolute atomic E-state index is 0. The molecule has 0 aromatic heterocycles. The highest BCUT2D eigenvalue weighted by Gasteiger charge is 1.90. The van der Waals surface area contributed by atoms with E-state index in [1.165, 1.54) is 31.6 Å². The maximum absolute atomic E-state index is 5.42. The van der Waals surface area contributed by atoms with E-state index in [4.69, 9.17) is 5.73 Å². The van der Waals surface area contributed by atoms with Gasteiger partial charge >= 0.3 is 0 Å². The molecular weight excluding hydrogens is 203 g/mol. The molecule has 0 aliphatic rings. The Morgan fingerprint density at radius 2 is 1.73 bits per heavy atom. The van der Waals surface area contributed by atoms with E-state index in [0.29, 0.717) is 0 Å². The molecule has 1 unspecified atom stereocenters. The largest absolute Gasteiger partial charge is 0.333 e. The SMILES string of the molecule is C.CN.NCPCCCc1ccccc1. The summed E-state index contributed by atoms with van der Waals surface area (Å²) in [4.78, 5) is 0. The first-order chi connectivity index (χ1) is 6.93. The van der Waals surface area contributed by atoms with Crippen LogP contribution in [0.5, 0.6) is 0 Å². The highest BCUT2D eigenvalue weighted by atomic mass is 31.1. The van der Waals surface area contributed by atoms with E-state index in [1.54, 1.807) is 0 Å². The van der Waals surface area contributed by atoms with E-state index < -0.39 is 0 Å². The van der Waals surface area contributed by atoms with Gasteiger partial charge in [-0.3, -0.25) is 0 Å². The molecule has 0 heterocycles. The van der Waals surface area contributed by atoms with Gasteiger partial charge in [0.2, 0.25) is 0 Å². The predicted molar refractivity (Wildman–Crippen MR) is 73.8 cm³/mol. The Hall–Kier alpha value is -0.430. The van der Waals surface area contributed by atoms with Crippen LogP contribution in [-0.2, 0) is 6.42 Å². The van der Waals surface area contributed by atoms with Crippen LogP contribution in [-0.4, -0.2) is 19.5 Å². The predicted octanol–water partition coefficient (Wildman–Crippen LogP) is 2.42. The normalized spacial score (nSPS) is 9.27. The van der Waals surface area contributed by atoms with Crippen molar-refractivity contribution in [1.82, 2.24) is 0 Å². The summed E-state index contributed by atoms with van der Waals surface area (Å²) in [5.74, 6) is 0. The first kappa shape index (κ1) is 17.0. The van der Waals surface area contributed by atoms with E-state index in [1.807, 2.05) is 0 Å². The molecule has 0 saturated carbocycles. The Bertz CT molecular complexity index is 202. The molecule has 88 valence electrons. The Morgan fingerprint density at radius 3 is 2.27 bits per heavy atom. The molecule has 15 heavy (non-hydrogen) atoms. The maximum atomic E-state index is 5.42. The topological polar surface area (TPSA) is 52.0 Å². The van der Waals surface area contributed by atoms with Crippen molar-refractivity contribution in [3.8, 4) is 0 Å². The summed E-state index contributed by atoms with van der Waals surface area (Å²) >= 11 is 0. The van der Waals surface area contributed by atoms with Crippen molar-refractivity contribution in [2.45, 2.75) is 20.3 Å². The average Bonchev–Trinajstić information content (AvgIpc) is 2.29. The lowest BCUT2D eigenvalue weighted by atomic mass is 10.1. The highest BCUT2D eigenvalue weighted by molar-refractivity contribution is 7.37. The standard InChI is InChI=1S/C10H16NP.CH5N.CH4/c11-9-12-8-4-7-10-5-2-1-3-6-10;1-2;/h1-3,5-6,12H,4,7-9,11H2;2H2,1H3;1H4. The van der Waals surface area contributed by atoms with Gasteiger partial charge in [-0.15, -0.1) is 8.58 Å². The van der Waals surface area contributed by atoms with Gasteiger partial charge in [0.1, 0.15) is 0 Å². The lowest BCUT2D eigenvalue weighted by Crippen LogP contribution is -1.93. The van der Waals surface area contributed by atoms with Crippen molar-refractivity contribution < 1.29 is 0 Å². The van der Waals surface area contributed by atoms with Crippen molar-refractivity contribution in [2.75, 3.05) is 19.5 Å². The first-order valence-corrected chi connectivity index (χ1v) is 6.37. The number of benzene rings is 1. The molecule has 1 rings (SSSR count). The van der Waals surface area contributed by atoms with Gasteiger partial charge in [0.05, 0.1) is 0 Å². The highest BCUT2D eigenvalue weighted by Crippen LogP contribution is 2.10. The van der Waals surface area contributed by atoms with Gasteiger partial charge < -0.3 is 11.5 Å². The molecule has 0 radical (unpaired) electrons. The molecule has 0 amide bonds. The third kappa shape index (κ3) is 9.86. The van der Waals surface area contributed by atoms with Crippen molar-refractivity contribution in [1.29, 1.82) is 0 Å². The summed E-state index contributed by atoms with van der Waals surface area (Å²) in [6, 6.07) is 10.6. The molecule has 0 spiro atoms. The van der Waals surface area contributed by atoms with Crippen LogP contribution < -0.4 is 11.5 Å². The van der Waals surface area contributed by atoms with Crippen LogP contribution in [0, 0.1) is 0 Å². The molecule has 1 atom stereocenters. The lowest BCUT2D eigenvalue weighted by Gasteiger charge is -1.99. The van der Waals surface area contributed by atoms with Gasteiger partial charge in [-0.25, -0.2) is 0 Å². The fourth-order valence-electron chi connectivity index (χ4n) is 1.16. The van der Waals surface area contributed by atoms with E-state index in [2.05, 4.69) is 36.1 Å². The molecule has 0 saturated heterocycles. The van der Waals surface area contributed by atoms with E-state index in [-0.39, 0.29) is 7.43 Å². The van der Waals surface area contributed by atoms with Crippen LogP contribution in [0.4, 0.5) is 0 Å². The second kappa shape index (κ2) is 13.6. The van der Waals surface area contributed by atoms with Crippen LogP contribution in [0.1, 0.15) is 19.4 Å². The number of hydrogen-bond acceptors (Lipinski definition) is 2. The van der Waals surface area contributed by atoms with Gasteiger partial charge in [-0.1, -0.05) is 37.8 Å². The van der Waals surface area contributed by atoms with Crippen LogP contribution in [0.3, 0.4) is 0 Å². The fourth-order valence-corrected chi connectivity index (χ4v) is 1.80. The molecule has 1 aromatic rings. The number of rotatable bonds is 5. The van der Waals surface area contributed by atoms with Crippen LogP contribution in [0.15, 0.2) is 30.3 Å². The maximum Gasteiger partial charge on any atom is 0.00988 e. The number of nitrogens with two attached hydrogens (primary N) is 2. The third-order valence-corrected chi connectivity index (χ3v) is 2.80.